The predicted molar refractivity (Wildman–Crippen MR) is 167 cm³/mol. The summed E-state index contributed by atoms with van der Waals surface area (Å²) in [5, 5.41) is 0. The molecule has 0 saturated carbocycles. The van der Waals surface area contributed by atoms with E-state index in [4.69, 9.17) is 4.98 Å². The van der Waals surface area contributed by atoms with Crippen molar-refractivity contribution in [3.63, 3.8) is 0 Å². The highest BCUT2D eigenvalue weighted by atomic mass is 15.1. The lowest BCUT2D eigenvalue weighted by molar-refractivity contribution is 0.435. The summed E-state index contributed by atoms with van der Waals surface area (Å²) < 4.78 is 2.49. The lowest BCUT2D eigenvalue weighted by atomic mass is 10.00. The maximum atomic E-state index is 4.78. The van der Waals surface area contributed by atoms with Gasteiger partial charge in [0.25, 0.3) is 0 Å². The second-order valence-electron chi connectivity index (χ2n) is 12.3. The Hall–Kier alpha value is -0.790. The molecular weight excluding hydrogens is 448 g/mol. The van der Waals surface area contributed by atoms with Crippen molar-refractivity contribution in [2.24, 2.45) is 0 Å². The second-order valence-corrected chi connectivity index (χ2v) is 12.3. The highest BCUT2D eigenvalue weighted by Crippen LogP contribution is 2.26. The number of aromatic nitrogens is 2. The molecule has 0 aromatic carbocycles. The summed E-state index contributed by atoms with van der Waals surface area (Å²) >= 11 is 0. The third-order valence-electron chi connectivity index (χ3n) is 8.58. The maximum Gasteiger partial charge on any atom is 0.111 e. The first-order chi connectivity index (χ1) is 18.2. The van der Waals surface area contributed by atoms with Crippen LogP contribution in [-0.4, -0.2) is 9.55 Å². The van der Waals surface area contributed by atoms with Gasteiger partial charge < -0.3 is 4.57 Å². The molecule has 2 heteroatoms. The van der Waals surface area contributed by atoms with Crippen molar-refractivity contribution in [1.29, 1.82) is 0 Å². The Morgan fingerprint density at radius 1 is 0.514 bits per heavy atom. The molecule has 0 aliphatic heterocycles. The van der Waals surface area contributed by atoms with Gasteiger partial charge in [0.1, 0.15) is 5.82 Å². The van der Waals surface area contributed by atoms with Crippen molar-refractivity contribution < 1.29 is 0 Å². The average Bonchev–Trinajstić information content (AvgIpc) is 3.40. The molecule has 0 N–H and O–H groups in total. The zero-order chi connectivity index (χ0) is 26.8. The van der Waals surface area contributed by atoms with E-state index in [9.17, 15) is 0 Å². The largest absolute Gasteiger partial charge is 0.332 e. The van der Waals surface area contributed by atoms with Gasteiger partial charge in [-0.1, -0.05) is 175 Å². The Kier molecular flexibility index (Phi) is 23.6. The zero-order valence-electron chi connectivity index (χ0n) is 26.1. The quantitative estimate of drug-likeness (QED) is 0.101. The van der Waals surface area contributed by atoms with Gasteiger partial charge in [0.05, 0.1) is 0 Å². The summed E-state index contributed by atoms with van der Waals surface area (Å²) in [6.07, 6.45) is 41.2. The van der Waals surface area contributed by atoms with Crippen LogP contribution in [0.25, 0.3) is 0 Å². The molecule has 2 nitrogen and oxygen atoms in total. The molecule has 1 rings (SSSR count). The number of nitrogens with zero attached hydrogens (tertiary/aromatic N) is 2. The van der Waals surface area contributed by atoms with Crippen LogP contribution in [0.3, 0.4) is 0 Å². The smallest absolute Gasteiger partial charge is 0.111 e. The van der Waals surface area contributed by atoms with Crippen molar-refractivity contribution in [2.45, 2.75) is 207 Å². The fourth-order valence-corrected chi connectivity index (χ4v) is 5.92. The molecule has 0 spiro atoms. The fourth-order valence-electron chi connectivity index (χ4n) is 5.92. The van der Waals surface area contributed by atoms with E-state index in [2.05, 4.69) is 38.5 Å². The van der Waals surface area contributed by atoms with E-state index < -0.39 is 0 Å². The van der Waals surface area contributed by atoms with E-state index in [-0.39, 0.29) is 0 Å². The lowest BCUT2D eigenvalue weighted by Gasteiger charge is -2.20. The van der Waals surface area contributed by atoms with Crippen LogP contribution in [0.4, 0.5) is 0 Å². The molecule has 0 bridgehead atoms. The molecule has 0 radical (unpaired) electrons. The van der Waals surface area contributed by atoms with Crippen molar-refractivity contribution in [1.82, 2.24) is 9.55 Å². The maximum absolute atomic E-state index is 4.78. The Bertz CT molecular complexity index is 578. The van der Waals surface area contributed by atoms with Gasteiger partial charge in [0, 0.05) is 24.4 Å². The van der Waals surface area contributed by atoms with E-state index >= 15 is 0 Å². The number of rotatable bonds is 28. The molecule has 0 amide bonds. The molecule has 2 unspecified atom stereocenters. The summed E-state index contributed by atoms with van der Waals surface area (Å²) in [4.78, 5) is 4.78. The molecule has 0 aliphatic carbocycles. The zero-order valence-corrected chi connectivity index (χ0v) is 26.1. The van der Waals surface area contributed by atoms with Gasteiger partial charge >= 0.3 is 0 Å². The first kappa shape index (κ1) is 34.2. The minimum Gasteiger partial charge on any atom is -0.332 e. The van der Waals surface area contributed by atoms with Crippen molar-refractivity contribution >= 4 is 0 Å². The van der Waals surface area contributed by atoms with Crippen LogP contribution in [0, 0.1) is 0 Å². The number of hydrogen-bond acceptors (Lipinski definition) is 1. The van der Waals surface area contributed by atoms with E-state index in [0.717, 1.165) is 0 Å². The van der Waals surface area contributed by atoms with Crippen molar-refractivity contribution in [2.75, 3.05) is 0 Å². The molecular formula is C35H68N2. The van der Waals surface area contributed by atoms with Crippen LogP contribution >= 0.6 is 0 Å². The summed E-state index contributed by atoms with van der Waals surface area (Å²) in [7, 11) is 0. The van der Waals surface area contributed by atoms with E-state index in [1.165, 1.54) is 173 Å². The Balaban J connectivity index is 2.01. The van der Waals surface area contributed by atoms with Crippen LogP contribution in [0.5, 0.6) is 0 Å². The third-order valence-corrected chi connectivity index (χ3v) is 8.58. The Morgan fingerprint density at radius 2 is 0.865 bits per heavy atom. The standard InChI is InChI=1S/C35H68N2/c1-5-7-9-11-13-15-16-17-18-19-20-22-24-26-28-30-34(4)37-32-31-36-35(37)33(3)29-27-25-23-21-14-12-10-8-6-2/h31-34H,5-30H2,1-4H3. The highest BCUT2D eigenvalue weighted by molar-refractivity contribution is 5.00. The average molecular weight is 517 g/mol. The first-order valence-corrected chi connectivity index (χ1v) is 17.2. The Morgan fingerprint density at radius 3 is 1.27 bits per heavy atom. The second kappa shape index (κ2) is 25.5. The molecule has 37 heavy (non-hydrogen) atoms. The minimum atomic E-state index is 0.586. The molecule has 1 aromatic rings. The third kappa shape index (κ3) is 19.0. The van der Waals surface area contributed by atoms with Gasteiger partial charge in [-0.05, 0) is 19.8 Å². The van der Waals surface area contributed by atoms with Gasteiger partial charge in [-0.15, -0.1) is 0 Å². The molecule has 0 fully saturated rings. The first-order valence-electron chi connectivity index (χ1n) is 17.2. The van der Waals surface area contributed by atoms with Crippen LogP contribution in [0.1, 0.15) is 212 Å². The summed E-state index contributed by atoms with van der Waals surface area (Å²) in [5.41, 5.74) is 0. The topological polar surface area (TPSA) is 17.8 Å². The molecule has 218 valence electrons. The monoisotopic (exact) mass is 517 g/mol. The molecule has 2 atom stereocenters. The van der Waals surface area contributed by atoms with Crippen LogP contribution < -0.4 is 0 Å². The summed E-state index contributed by atoms with van der Waals surface area (Å²) in [5.74, 6) is 1.91. The van der Waals surface area contributed by atoms with Gasteiger partial charge in [-0.3, -0.25) is 0 Å². The van der Waals surface area contributed by atoms with Gasteiger partial charge in [0.2, 0.25) is 0 Å². The van der Waals surface area contributed by atoms with E-state index in [1.54, 1.807) is 0 Å². The minimum absolute atomic E-state index is 0.586. The number of hydrogen-bond donors (Lipinski definition) is 0. The highest BCUT2D eigenvalue weighted by Gasteiger charge is 2.15. The normalized spacial score (nSPS) is 13.3. The summed E-state index contributed by atoms with van der Waals surface area (Å²) in [6.45, 7) is 9.40. The SMILES string of the molecule is CCCCCCCCCCCCCCCCCC(C)n1ccnc1C(C)CCCCCCCCCCC. The Labute approximate surface area is 234 Å². The van der Waals surface area contributed by atoms with E-state index in [0.29, 0.717) is 12.0 Å². The summed E-state index contributed by atoms with van der Waals surface area (Å²) in [6, 6.07) is 0.588. The number of imidazole rings is 1. The number of unbranched alkanes of at least 4 members (excludes halogenated alkanes) is 22. The van der Waals surface area contributed by atoms with E-state index in [1.807, 2.05) is 6.20 Å². The molecule has 1 heterocycles. The van der Waals surface area contributed by atoms with Crippen LogP contribution in [0.15, 0.2) is 12.4 Å². The van der Waals surface area contributed by atoms with Crippen LogP contribution in [-0.2, 0) is 0 Å². The molecule has 0 saturated heterocycles. The predicted octanol–water partition coefficient (Wildman–Crippen LogP) is 12.7. The van der Waals surface area contributed by atoms with Crippen molar-refractivity contribution in [3.05, 3.63) is 18.2 Å². The molecule has 1 aromatic heterocycles. The van der Waals surface area contributed by atoms with Crippen LogP contribution in [0.2, 0.25) is 0 Å². The van der Waals surface area contributed by atoms with Gasteiger partial charge in [0.15, 0.2) is 0 Å². The molecule has 0 aliphatic rings. The lowest BCUT2D eigenvalue weighted by Crippen LogP contribution is -2.11. The van der Waals surface area contributed by atoms with Crippen molar-refractivity contribution in [3.8, 4) is 0 Å². The van der Waals surface area contributed by atoms with Gasteiger partial charge in [-0.25, -0.2) is 4.98 Å². The fraction of sp³-hybridized carbons (Fsp3) is 0.914. The van der Waals surface area contributed by atoms with Gasteiger partial charge in [-0.2, -0.15) is 0 Å².